The molecule has 0 aliphatic heterocycles. The Labute approximate surface area is 188 Å². The number of likely N-dealkylation sites (N-methyl/N-ethyl adjacent to an activating group) is 1. The van der Waals surface area contributed by atoms with Gasteiger partial charge < -0.3 is 14.7 Å². The predicted molar refractivity (Wildman–Crippen MR) is 124 cm³/mol. The van der Waals surface area contributed by atoms with Crippen molar-refractivity contribution in [2.75, 3.05) is 13.7 Å². The van der Waals surface area contributed by atoms with E-state index in [-0.39, 0.29) is 25.0 Å². The van der Waals surface area contributed by atoms with E-state index in [1.165, 1.54) is 11.1 Å². The van der Waals surface area contributed by atoms with Gasteiger partial charge in [-0.2, -0.15) is 0 Å². The molecule has 3 aromatic rings. The van der Waals surface area contributed by atoms with Crippen molar-refractivity contribution >= 4 is 12.1 Å². The van der Waals surface area contributed by atoms with E-state index in [4.69, 9.17) is 9.84 Å². The summed E-state index contributed by atoms with van der Waals surface area (Å²) in [6.07, 6.45) is 0.510. The van der Waals surface area contributed by atoms with Gasteiger partial charge in [0.05, 0.1) is 0 Å². The second-order valence-electron chi connectivity index (χ2n) is 8.19. The van der Waals surface area contributed by atoms with Crippen molar-refractivity contribution in [2.45, 2.75) is 31.2 Å². The number of carbonyl (C=O) groups is 2. The van der Waals surface area contributed by atoms with Gasteiger partial charge in [-0.15, -0.1) is 0 Å². The molecule has 0 heterocycles. The molecule has 32 heavy (non-hydrogen) atoms. The number of fused-ring (bicyclic) bond motifs is 3. The Balaban J connectivity index is 1.46. The molecular formula is C27H27NO4. The normalized spacial score (nSPS) is 13.2. The summed E-state index contributed by atoms with van der Waals surface area (Å²) in [7, 11) is 1.69. The molecule has 0 saturated heterocycles. The van der Waals surface area contributed by atoms with Crippen LogP contribution >= 0.6 is 0 Å². The summed E-state index contributed by atoms with van der Waals surface area (Å²) in [5, 5.41) is 9.15. The van der Waals surface area contributed by atoms with Crippen molar-refractivity contribution in [3.8, 4) is 11.1 Å². The zero-order valence-electron chi connectivity index (χ0n) is 18.1. The molecule has 4 rings (SSSR count). The summed E-state index contributed by atoms with van der Waals surface area (Å²) in [5.41, 5.74) is 5.75. The van der Waals surface area contributed by atoms with Gasteiger partial charge in [-0.3, -0.25) is 4.79 Å². The first-order chi connectivity index (χ1) is 15.5. The fourth-order valence-corrected chi connectivity index (χ4v) is 4.45. The minimum absolute atomic E-state index is 0.00149. The van der Waals surface area contributed by atoms with Crippen LogP contribution in [0.3, 0.4) is 0 Å². The lowest BCUT2D eigenvalue weighted by Crippen LogP contribution is -2.39. The van der Waals surface area contributed by atoms with Gasteiger partial charge in [0.1, 0.15) is 6.61 Å². The third kappa shape index (κ3) is 4.67. The van der Waals surface area contributed by atoms with Gasteiger partial charge in [0.2, 0.25) is 0 Å². The number of ether oxygens (including phenoxy) is 1. The summed E-state index contributed by atoms with van der Waals surface area (Å²) in [4.78, 5) is 25.6. The van der Waals surface area contributed by atoms with Crippen molar-refractivity contribution in [1.82, 2.24) is 4.90 Å². The highest BCUT2D eigenvalue weighted by molar-refractivity contribution is 5.79. The summed E-state index contributed by atoms with van der Waals surface area (Å²) >= 11 is 0. The lowest BCUT2D eigenvalue weighted by Gasteiger charge is -2.28. The molecule has 0 radical (unpaired) electrons. The van der Waals surface area contributed by atoms with Crippen LogP contribution in [0.1, 0.15) is 35.4 Å². The van der Waals surface area contributed by atoms with Crippen LogP contribution in [0.4, 0.5) is 4.79 Å². The lowest BCUT2D eigenvalue weighted by atomic mass is 9.98. The van der Waals surface area contributed by atoms with Crippen LogP contribution in [-0.4, -0.2) is 41.8 Å². The van der Waals surface area contributed by atoms with Crippen molar-refractivity contribution < 1.29 is 19.4 Å². The third-order valence-corrected chi connectivity index (χ3v) is 6.18. The summed E-state index contributed by atoms with van der Waals surface area (Å²) in [6, 6.07) is 26.0. The molecule has 0 bridgehead atoms. The van der Waals surface area contributed by atoms with E-state index in [1.54, 1.807) is 11.9 Å². The van der Waals surface area contributed by atoms with E-state index in [0.717, 1.165) is 16.7 Å². The zero-order valence-corrected chi connectivity index (χ0v) is 18.1. The summed E-state index contributed by atoms with van der Waals surface area (Å²) < 4.78 is 5.77. The number of carboxylic acids is 1. The van der Waals surface area contributed by atoms with Crippen LogP contribution in [0.25, 0.3) is 11.1 Å². The lowest BCUT2D eigenvalue weighted by molar-refractivity contribution is -0.137. The Bertz CT molecular complexity index is 1050. The van der Waals surface area contributed by atoms with Gasteiger partial charge in [-0.1, -0.05) is 78.9 Å². The molecule has 1 N–H and O–H groups in total. The molecule has 0 fully saturated rings. The average Bonchev–Trinajstić information content (AvgIpc) is 3.14. The molecule has 1 amide bonds. The smallest absolute Gasteiger partial charge is 0.409 e. The third-order valence-electron chi connectivity index (χ3n) is 6.18. The first-order valence-electron chi connectivity index (χ1n) is 10.9. The molecule has 1 atom stereocenters. The van der Waals surface area contributed by atoms with E-state index in [0.29, 0.717) is 12.8 Å². The monoisotopic (exact) mass is 429 g/mol. The molecule has 1 aliphatic carbocycles. The number of aliphatic carboxylic acids is 1. The number of benzene rings is 3. The Morgan fingerprint density at radius 2 is 1.47 bits per heavy atom. The standard InChI is InChI=1S/C27H27NO4/c1-28(20(15-16-26(29)30)17-19-9-3-2-4-10-19)27(31)32-18-25-23-13-7-5-11-21(23)22-12-6-8-14-24(22)25/h2-14,20,25H,15-18H2,1H3,(H,29,30)/t20-/m1/s1. The SMILES string of the molecule is CN(C(=O)OCC1c2ccccc2-c2ccccc21)[C@H](CCC(=O)O)Cc1ccccc1. The van der Waals surface area contributed by atoms with Crippen molar-refractivity contribution in [3.05, 3.63) is 95.6 Å². The predicted octanol–water partition coefficient (Wildman–Crippen LogP) is 5.34. The van der Waals surface area contributed by atoms with Crippen LogP contribution in [0.5, 0.6) is 0 Å². The van der Waals surface area contributed by atoms with E-state index >= 15 is 0 Å². The van der Waals surface area contributed by atoms with Gasteiger partial charge in [0, 0.05) is 25.4 Å². The number of nitrogens with zero attached hydrogens (tertiary/aromatic N) is 1. The van der Waals surface area contributed by atoms with Crippen LogP contribution in [-0.2, 0) is 16.0 Å². The minimum Gasteiger partial charge on any atom is -0.481 e. The number of hydrogen-bond acceptors (Lipinski definition) is 3. The Morgan fingerprint density at radius 3 is 2.06 bits per heavy atom. The summed E-state index contributed by atoms with van der Waals surface area (Å²) in [6.45, 7) is 0.244. The Morgan fingerprint density at radius 1 is 0.906 bits per heavy atom. The molecule has 0 unspecified atom stereocenters. The van der Waals surface area contributed by atoms with Gasteiger partial charge in [-0.25, -0.2) is 4.79 Å². The van der Waals surface area contributed by atoms with Crippen molar-refractivity contribution in [3.63, 3.8) is 0 Å². The fraction of sp³-hybridized carbons (Fsp3) is 0.259. The van der Waals surface area contributed by atoms with Crippen molar-refractivity contribution in [1.29, 1.82) is 0 Å². The van der Waals surface area contributed by atoms with Crippen LogP contribution in [0, 0.1) is 0 Å². The highest BCUT2D eigenvalue weighted by Crippen LogP contribution is 2.44. The van der Waals surface area contributed by atoms with E-state index in [9.17, 15) is 9.59 Å². The maximum absolute atomic E-state index is 13.0. The molecule has 1 aliphatic rings. The van der Waals surface area contributed by atoms with Gasteiger partial charge in [0.25, 0.3) is 0 Å². The molecule has 5 heteroatoms. The molecular weight excluding hydrogens is 402 g/mol. The maximum Gasteiger partial charge on any atom is 0.409 e. The number of rotatable bonds is 8. The first-order valence-corrected chi connectivity index (χ1v) is 10.9. The van der Waals surface area contributed by atoms with E-state index < -0.39 is 12.1 Å². The second kappa shape index (κ2) is 9.69. The van der Waals surface area contributed by atoms with Crippen LogP contribution < -0.4 is 0 Å². The number of carbonyl (C=O) groups excluding carboxylic acids is 1. The van der Waals surface area contributed by atoms with Crippen LogP contribution in [0.15, 0.2) is 78.9 Å². The fourth-order valence-electron chi connectivity index (χ4n) is 4.45. The quantitative estimate of drug-likeness (QED) is 0.525. The molecule has 5 nitrogen and oxygen atoms in total. The molecule has 0 aromatic heterocycles. The molecule has 3 aromatic carbocycles. The van der Waals surface area contributed by atoms with E-state index in [1.807, 2.05) is 54.6 Å². The zero-order chi connectivity index (χ0) is 22.5. The van der Waals surface area contributed by atoms with Crippen LogP contribution in [0.2, 0.25) is 0 Å². The Kier molecular flexibility index (Phi) is 6.55. The molecule has 0 saturated carbocycles. The van der Waals surface area contributed by atoms with Gasteiger partial charge >= 0.3 is 12.1 Å². The minimum atomic E-state index is -0.871. The number of amides is 1. The topological polar surface area (TPSA) is 66.8 Å². The van der Waals surface area contributed by atoms with Gasteiger partial charge in [0.15, 0.2) is 0 Å². The number of carboxylic acid groups (broad SMARTS) is 1. The number of hydrogen-bond donors (Lipinski definition) is 1. The second-order valence-corrected chi connectivity index (χ2v) is 8.19. The van der Waals surface area contributed by atoms with Crippen molar-refractivity contribution in [2.24, 2.45) is 0 Å². The highest BCUT2D eigenvalue weighted by atomic mass is 16.6. The van der Waals surface area contributed by atoms with E-state index in [2.05, 4.69) is 24.3 Å². The highest BCUT2D eigenvalue weighted by Gasteiger charge is 2.30. The molecule has 0 spiro atoms. The van der Waals surface area contributed by atoms with Gasteiger partial charge in [-0.05, 0) is 40.7 Å². The first kappa shape index (κ1) is 21.6. The Hall–Kier alpha value is -3.60. The molecule has 164 valence electrons. The largest absolute Gasteiger partial charge is 0.481 e. The average molecular weight is 430 g/mol. The summed E-state index contributed by atoms with van der Waals surface area (Å²) in [5.74, 6) is -0.879. The maximum atomic E-state index is 13.0.